The Kier molecular flexibility index (Phi) is 5.64. The molecular weight excluding hydrogens is 324 g/mol. The van der Waals surface area contributed by atoms with E-state index in [0.29, 0.717) is 24.4 Å². The summed E-state index contributed by atoms with van der Waals surface area (Å²) in [5.74, 6) is 0.773. The molecule has 3 rings (SSSR count). The van der Waals surface area contributed by atoms with Gasteiger partial charge in [0.15, 0.2) is 0 Å². The molecule has 1 saturated heterocycles. The zero-order valence-corrected chi connectivity index (χ0v) is 14.3. The number of nitrogens with zero attached hydrogens (tertiary/aromatic N) is 3. The number of halogens is 1. The van der Waals surface area contributed by atoms with Crippen LogP contribution >= 0.6 is 11.6 Å². The summed E-state index contributed by atoms with van der Waals surface area (Å²) in [6.07, 6.45) is 5.25. The first kappa shape index (κ1) is 16.7. The molecule has 1 aromatic heterocycles. The second-order valence-electron chi connectivity index (χ2n) is 5.95. The molecule has 0 radical (unpaired) electrons. The van der Waals surface area contributed by atoms with E-state index in [-0.39, 0.29) is 5.91 Å². The molecular formula is C18H21ClN4O. The van der Waals surface area contributed by atoms with E-state index in [1.165, 1.54) is 12.8 Å². The quantitative estimate of drug-likeness (QED) is 0.875. The Balaban J connectivity index is 1.48. The summed E-state index contributed by atoms with van der Waals surface area (Å²) in [4.78, 5) is 23.1. The van der Waals surface area contributed by atoms with Crippen LogP contribution in [0.1, 0.15) is 30.5 Å². The van der Waals surface area contributed by atoms with E-state index in [2.05, 4.69) is 20.2 Å². The van der Waals surface area contributed by atoms with Crippen LogP contribution in [0.2, 0.25) is 5.02 Å². The summed E-state index contributed by atoms with van der Waals surface area (Å²) in [6.45, 7) is 2.45. The largest absolute Gasteiger partial charge is 0.350 e. The van der Waals surface area contributed by atoms with Gasteiger partial charge in [-0.25, -0.2) is 9.97 Å². The van der Waals surface area contributed by atoms with E-state index in [1.54, 1.807) is 6.20 Å². The summed E-state index contributed by atoms with van der Waals surface area (Å²) in [6, 6.07) is 9.44. The minimum absolute atomic E-state index is 0.0105. The van der Waals surface area contributed by atoms with E-state index in [4.69, 9.17) is 11.6 Å². The molecule has 2 heterocycles. The van der Waals surface area contributed by atoms with Crippen LogP contribution in [0.4, 0.5) is 5.95 Å². The number of aryl methyl sites for hydroxylation is 1. The topological polar surface area (TPSA) is 58.1 Å². The molecule has 0 unspecified atom stereocenters. The van der Waals surface area contributed by atoms with Gasteiger partial charge in [-0.05, 0) is 43.0 Å². The molecule has 6 heteroatoms. The number of amides is 1. The van der Waals surface area contributed by atoms with Gasteiger partial charge < -0.3 is 10.2 Å². The number of hydrogen-bond donors (Lipinski definition) is 1. The zero-order valence-electron chi connectivity index (χ0n) is 13.5. The Morgan fingerprint density at radius 1 is 1.25 bits per heavy atom. The normalized spacial score (nSPS) is 14.0. The Morgan fingerprint density at radius 3 is 2.88 bits per heavy atom. The smallest absolute Gasteiger partial charge is 0.225 e. The highest BCUT2D eigenvalue weighted by Crippen LogP contribution is 2.15. The van der Waals surface area contributed by atoms with Crippen molar-refractivity contribution in [1.29, 1.82) is 0 Å². The van der Waals surface area contributed by atoms with Gasteiger partial charge in [0.2, 0.25) is 11.9 Å². The second-order valence-corrected chi connectivity index (χ2v) is 6.39. The van der Waals surface area contributed by atoms with E-state index in [0.717, 1.165) is 30.3 Å². The summed E-state index contributed by atoms with van der Waals surface area (Å²) in [5.41, 5.74) is 1.90. The van der Waals surface area contributed by atoms with Crippen LogP contribution in [0, 0.1) is 0 Å². The molecule has 24 heavy (non-hydrogen) atoms. The van der Waals surface area contributed by atoms with Crippen LogP contribution in [0.25, 0.3) is 0 Å². The van der Waals surface area contributed by atoms with Gasteiger partial charge in [-0.15, -0.1) is 0 Å². The number of aromatic nitrogens is 2. The SMILES string of the molecule is O=C(CCc1cccc(Cl)c1)NCc1ccnc(N2CCCC2)n1. The molecule has 1 aliphatic rings. The lowest BCUT2D eigenvalue weighted by atomic mass is 10.1. The van der Waals surface area contributed by atoms with Crippen LogP contribution in [0.5, 0.6) is 0 Å². The first-order chi connectivity index (χ1) is 11.7. The molecule has 1 aromatic carbocycles. The van der Waals surface area contributed by atoms with Gasteiger partial charge in [-0.1, -0.05) is 23.7 Å². The van der Waals surface area contributed by atoms with Crippen molar-refractivity contribution in [3.8, 4) is 0 Å². The molecule has 5 nitrogen and oxygen atoms in total. The maximum atomic E-state index is 12.0. The Morgan fingerprint density at radius 2 is 2.08 bits per heavy atom. The molecule has 0 atom stereocenters. The molecule has 0 aliphatic carbocycles. The minimum Gasteiger partial charge on any atom is -0.350 e. The van der Waals surface area contributed by atoms with Crippen molar-refractivity contribution in [2.24, 2.45) is 0 Å². The van der Waals surface area contributed by atoms with Crippen molar-refractivity contribution in [2.45, 2.75) is 32.2 Å². The van der Waals surface area contributed by atoms with Gasteiger partial charge >= 0.3 is 0 Å². The standard InChI is InChI=1S/C18H21ClN4O/c19-15-5-3-4-14(12-15)6-7-17(24)21-13-16-8-9-20-18(22-16)23-10-1-2-11-23/h3-5,8-9,12H,1-2,6-7,10-11,13H2,(H,21,24). The fourth-order valence-corrected chi connectivity index (χ4v) is 2.99. The molecule has 1 N–H and O–H groups in total. The average Bonchev–Trinajstić information content (AvgIpc) is 3.13. The summed E-state index contributed by atoms with van der Waals surface area (Å²) < 4.78 is 0. The van der Waals surface area contributed by atoms with Crippen LogP contribution in [0.15, 0.2) is 36.5 Å². The Labute approximate surface area is 147 Å². The lowest BCUT2D eigenvalue weighted by molar-refractivity contribution is -0.121. The van der Waals surface area contributed by atoms with Crippen LogP contribution in [-0.4, -0.2) is 29.0 Å². The Hall–Kier alpha value is -2.14. The number of nitrogens with one attached hydrogen (secondary N) is 1. The van der Waals surface area contributed by atoms with Crippen LogP contribution < -0.4 is 10.2 Å². The molecule has 0 bridgehead atoms. The lowest BCUT2D eigenvalue weighted by Crippen LogP contribution is -2.25. The fourth-order valence-electron chi connectivity index (χ4n) is 2.78. The predicted octanol–water partition coefficient (Wildman–Crippen LogP) is 2.98. The maximum absolute atomic E-state index is 12.0. The van der Waals surface area contributed by atoms with E-state index in [9.17, 15) is 4.79 Å². The number of anilines is 1. The minimum atomic E-state index is 0.0105. The number of carbonyl (C=O) groups excluding carboxylic acids is 1. The third kappa shape index (κ3) is 4.68. The van der Waals surface area contributed by atoms with Crippen molar-refractivity contribution in [3.63, 3.8) is 0 Å². The summed E-state index contributed by atoms with van der Waals surface area (Å²) >= 11 is 5.95. The van der Waals surface area contributed by atoms with Crippen molar-refractivity contribution < 1.29 is 4.79 Å². The summed E-state index contributed by atoms with van der Waals surface area (Å²) in [5, 5.41) is 3.62. The van der Waals surface area contributed by atoms with E-state index >= 15 is 0 Å². The monoisotopic (exact) mass is 344 g/mol. The van der Waals surface area contributed by atoms with Gasteiger partial charge in [0.1, 0.15) is 0 Å². The Bertz CT molecular complexity index is 701. The number of carbonyl (C=O) groups is 1. The molecule has 0 spiro atoms. The summed E-state index contributed by atoms with van der Waals surface area (Å²) in [7, 11) is 0. The third-order valence-electron chi connectivity index (χ3n) is 4.09. The molecule has 1 fully saturated rings. The zero-order chi connectivity index (χ0) is 16.8. The molecule has 0 saturated carbocycles. The van der Waals surface area contributed by atoms with Gasteiger partial charge in [-0.3, -0.25) is 4.79 Å². The second kappa shape index (κ2) is 8.11. The third-order valence-corrected chi connectivity index (χ3v) is 4.32. The van der Waals surface area contributed by atoms with Crippen molar-refractivity contribution in [1.82, 2.24) is 15.3 Å². The lowest BCUT2D eigenvalue weighted by Gasteiger charge is -2.15. The van der Waals surface area contributed by atoms with Crippen molar-refractivity contribution >= 4 is 23.5 Å². The maximum Gasteiger partial charge on any atom is 0.225 e. The number of hydrogen-bond acceptors (Lipinski definition) is 4. The van der Waals surface area contributed by atoms with Gasteiger partial charge in [0.05, 0.1) is 12.2 Å². The number of benzene rings is 1. The van der Waals surface area contributed by atoms with E-state index < -0.39 is 0 Å². The van der Waals surface area contributed by atoms with Crippen molar-refractivity contribution in [2.75, 3.05) is 18.0 Å². The van der Waals surface area contributed by atoms with Gasteiger partial charge in [0, 0.05) is 30.7 Å². The molecule has 126 valence electrons. The van der Waals surface area contributed by atoms with E-state index in [1.807, 2.05) is 30.3 Å². The van der Waals surface area contributed by atoms with Crippen LogP contribution in [-0.2, 0) is 17.8 Å². The highest BCUT2D eigenvalue weighted by atomic mass is 35.5. The van der Waals surface area contributed by atoms with Gasteiger partial charge in [0.25, 0.3) is 0 Å². The first-order valence-corrected chi connectivity index (χ1v) is 8.66. The first-order valence-electron chi connectivity index (χ1n) is 8.29. The van der Waals surface area contributed by atoms with Crippen molar-refractivity contribution in [3.05, 3.63) is 52.8 Å². The molecule has 2 aromatic rings. The highest BCUT2D eigenvalue weighted by molar-refractivity contribution is 6.30. The van der Waals surface area contributed by atoms with Crippen LogP contribution in [0.3, 0.4) is 0 Å². The molecule has 1 aliphatic heterocycles. The average molecular weight is 345 g/mol. The fraction of sp³-hybridized carbons (Fsp3) is 0.389. The predicted molar refractivity (Wildman–Crippen MR) is 95.1 cm³/mol. The molecule has 1 amide bonds. The number of rotatable bonds is 6. The highest BCUT2D eigenvalue weighted by Gasteiger charge is 2.15. The van der Waals surface area contributed by atoms with Gasteiger partial charge in [-0.2, -0.15) is 0 Å².